The SMILES string of the molecule is CCS(=O)(=O)N1CC=C(c2cnc(N)c(-c3nc4cc(C)c(C)cc4[nH]3)n2)CC1.[HH].[HH]. The number of hydrogen-bond acceptors (Lipinski definition) is 6. The van der Waals surface area contributed by atoms with E-state index in [1.54, 1.807) is 13.1 Å². The van der Waals surface area contributed by atoms with E-state index in [0.717, 1.165) is 16.6 Å². The summed E-state index contributed by atoms with van der Waals surface area (Å²) in [6.07, 6.45) is 4.10. The molecule has 9 heteroatoms. The number of H-pyrrole nitrogens is 1. The monoisotopic (exact) mass is 416 g/mol. The molecule has 156 valence electrons. The van der Waals surface area contributed by atoms with Gasteiger partial charge in [-0.2, -0.15) is 4.31 Å². The number of nitrogens with zero attached hydrogens (tertiary/aromatic N) is 4. The van der Waals surface area contributed by atoms with Crippen molar-refractivity contribution in [2.75, 3.05) is 24.6 Å². The Morgan fingerprint density at radius 2 is 2.00 bits per heavy atom. The molecule has 3 aromatic rings. The summed E-state index contributed by atoms with van der Waals surface area (Å²) in [5.41, 5.74) is 12.4. The first-order valence-corrected chi connectivity index (χ1v) is 11.2. The smallest absolute Gasteiger partial charge is 0.214 e. The number of hydrogen-bond donors (Lipinski definition) is 2. The lowest BCUT2D eigenvalue weighted by atomic mass is 10.1. The highest BCUT2D eigenvalue weighted by Crippen LogP contribution is 2.28. The van der Waals surface area contributed by atoms with Crippen LogP contribution in [-0.4, -0.2) is 51.5 Å². The highest BCUT2D eigenvalue weighted by atomic mass is 32.2. The zero-order valence-corrected chi connectivity index (χ0v) is 17.5. The molecule has 0 fully saturated rings. The Morgan fingerprint density at radius 1 is 1.24 bits per heavy atom. The molecule has 0 saturated heterocycles. The van der Waals surface area contributed by atoms with Gasteiger partial charge in [0.1, 0.15) is 5.69 Å². The normalized spacial score (nSPS) is 15.6. The van der Waals surface area contributed by atoms with E-state index in [0.29, 0.717) is 42.5 Å². The number of rotatable bonds is 4. The number of nitrogens with one attached hydrogen (secondary N) is 1. The lowest BCUT2D eigenvalue weighted by Gasteiger charge is -2.25. The van der Waals surface area contributed by atoms with Gasteiger partial charge in [-0.3, -0.25) is 0 Å². The van der Waals surface area contributed by atoms with E-state index >= 15 is 0 Å². The Hall–Kier alpha value is -2.78. The minimum Gasteiger partial charge on any atom is -0.382 e. The summed E-state index contributed by atoms with van der Waals surface area (Å²) in [6, 6.07) is 4.09. The quantitative estimate of drug-likeness (QED) is 0.674. The topological polar surface area (TPSA) is 118 Å². The zero-order chi connectivity index (χ0) is 20.8. The Kier molecular flexibility index (Phi) is 4.87. The first kappa shape index (κ1) is 19.5. The number of nitrogens with two attached hydrogens (primary N) is 1. The molecule has 4 rings (SSSR count). The van der Waals surface area contributed by atoms with Crippen LogP contribution in [0.2, 0.25) is 0 Å². The van der Waals surface area contributed by atoms with E-state index < -0.39 is 10.0 Å². The molecular weight excluding hydrogens is 388 g/mol. The lowest BCUT2D eigenvalue weighted by molar-refractivity contribution is 0.442. The van der Waals surface area contributed by atoms with E-state index in [1.807, 2.05) is 12.1 Å². The molecule has 0 spiro atoms. The Morgan fingerprint density at radius 3 is 2.69 bits per heavy atom. The van der Waals surface area contributed by atoms with Crippen LogP contribution < -0.4 is 5.73 Å². The molecule has 8 nitrogen and oxygen atoms in total. The van der Waals surface area contributed by atoms with Gasteiger partial charge in [-0.1, -0.05) is 6.08 Å². The van der Waals surface area contributed by atoms with E-state index in [4.69, 9.17) is 10.7 Å². The standard InChI is InChI=1S/C20H24N6O2S.2H2/c1-4-29(27,28)26-7-5-14(6-8-26)17-11-22-19(21)18(23-17)20-24-15-9-12(2)13(3)10-16(15)25-20;;/h5,9-11H,4,6-8H2,1-3H3,(H2,21,22)(H,24,25);2*1H. The van der Waals surface area contributed by atoms with Crippen LogP contribution in [0.5, 0.6) is 0 Å². The van der Waals surface area contributed by atoms with E-state index in [1.165, 1.54) is 15.4 Å². The third-order valence-corrected chi connectivity index (χ3v) is 7.23. The largest absolute Gasteiger partial charge is 0.382 e. The first-order chi connectivity index (χ1) is 13.8. The van der Waals surface area contributed by atoms with Crippen LogP contribution in [0.3, 0.4) is 0 Å². The number of aromatic nitrogens is 4. The molecular formula is C20H28N6O2S. The summed E-state index contributed by atoms with van der Waals surface area (Å²) in [4.78, 5) is 16.9. The van der Waals surface area contributed by atoms with Gasteiger partial charge in [-0.25, -0.2) is 23.4 Å². The molecule has 0 bridgehead atoms. The van der Waals surface area contributed by atoms with Crippen LogP contribution in [0.4, 0.5) is 5.82 Å². The van der Waals surface area contributed by atoms with Gasteiger partial charge in [0.25, 0.3) is 0 Å². The van der Waals surface area contributed by atoms with Crippen LogP contribution >= 0.6 is 0 Å². The molecule has 1 aliphatic heterocycles. The first-order valence-electron chi connectivity index (χ1n) is 9.55. The number of anilines is 1. The van der Waals surface area contributed by atoms with Crippen molar-refractivity contribution in [2.24, 2.45) is 0 Å². The molecule has 29 heavy (non-hydrogen) atoms. The fourth-order valence-electron chi connectivity index (χ4n) is 3.43. The second kappa shape index (κ2) is 7.23. The fraction of sp³-hybridized carbons (Fsp3) is 0.350. The van der Waals surface area contributed by atoms with Gasteiger partial charge in [0.05, 0.1) is 28.7 Å². The average Bonchev–Trinajstić information content (AvgIpc) is 3.11. The predicted molar refractivity (Wildman–Crippen MR) is 119 cm³/mol. The molecule has 1 aliphatic rings. The molecule has 0 atom stereocenters. The maximum atomic E-state index is 12.1. The number of benzene rings is 1. The number of imidazole rings is 1. The van der Waals surface area contributed by atoms with Crippen molar-refractivity contribution in [1.29, 1.82) is 0 Å². The van der Waals surface area contributed by atoms with Crippen LogP contribution in [-0.2, 0) is 10.0 Å². The molecule has 0 unspecified atom stereocenters. The summed E-state index contributed by atoms with van der Waals surface area (Å²) in [5.74, 6) is 0.976. The summed E-state index contributed by atoms with van der Waals surface area (Å²) < 4.78 is 25.6. The summed E-state index contributed by atoms with van der Waals surface area (Å²) in [5, 5.41) is 0. The van der Waals surface area contributed by atoms with E-state index in [2.05, 4.69) is 34.9 Å². The number of aromatic amines is 1. The summed E-state index contributed by atoms with van der Waals surface area (Å²) in [7, 11) is -3.19. The number of fused-ring (bicyclic) bond motifs is 1. The second-order valence-electron chi connectivity index (χ2n) is 7.27. The maximum Gasteiger partial charge on any atom is 0.214 e. The molecule has 2 aromatic heterocycles. The van der Waals surface area contributed by atoms with Gasteiger partial charge in [0, 0.05) is 15.9 Å². The molecule has 0 saturated carbocycles. The van der Waals surface area contributed by atoms with Crippen LogP contribution in [0.1, 0.15) is 33.0 Å². The van der Waals surface area contributed by atoms with Crippen molar-refractivity contribution in [1.82, 2.24) is 24.2 Å². The van der Waals surface area contributed by atoms with Gasteiger partial charge in [0.2, 0.25) is 10.0 Å². The van der Waals surface area contributed by atoms with Crippen molar-refractivity contribution >= 4 is 32.4 Å². The molecule has 3 heterocycles. The number of aryl methyl sites for hydroxylation is 2. The average molecular weight is 417 g/mol. The van der Waals surface area contributed by atoms with Gasteiger partial charge in [-0.05, 0) is 56.0 Å². The van der Waals surface area contributed by atoms with Crippen molar-refractivity contribution in [2.45, 2.75) is 27.2 Å². The molecule has 1 aromatic carbocycles. The molecule has 0 amide bonds. The van der Waals surface area contributed by atoms with E-state index in [-0.39, 0.29) is 8.61 Å². The van der Waals surface area contributed by atoms with Crippen molar-refractivity contribution in [3.8, 4) is 11.5 Å². The highest BCUT2D eigenvalue weighted by Gasteiger charge is 2.24. The minimum absolute atomic E-state index is 0. The fourth-order valence-corrected chi connectivity index (χ4v) is 4.46. The highest BCUT2D eigenvalue weighted by molar-refractivity contribution is 7.89. The van der Waals surface area contributed by atoms with Crippen molar-refractivity contribution in [3.05, 3.63) is 41.2 Å². The third kappa shape index (κ3) is 3.63. The van der Waals surface area contributed by atoms with Gasteiger partial charge in [-0.15, -0.1) is 0 Å². The van der Waals surface area contributed by atoms with Crippen LogP contribution in [0.15, 0.2) is 24.4 Å². The van der Waals surface area contributed by atoms with Crippen molar-refractivity contribution < 1.29 is 11.3 Å². The zero-order valence-electron chi connectivity index (χ0n) is 16.7. The Bertz CT molecular complexity index is 1200. The Labute approximate surface area is 172 Å². The van der Waals surface area contributed by atoms with Crippen LogP contribution in [0, 0.1) is 13.8 Å². The predicted octanol–water partition coefficient (Wildman–Crippen LogP) is 3.15. The molecule has 3 N–H and O–H groups in total. The van der Waals surface area contributed by atoms with Gasteiger partial charge >= 0.3 is 0 Å². The Balaban J connectivity index is 0.00000171. The van der Waals surface area contributed by atoms with Gasteiger partial charge < -0.3 is 10.7 Å². The van der Waals surface area contributed by atoms with Gasteiger partial charge in [0.15, 0.2) is 11.6 Å². The molecule has 0 radical (unpaired) electrons. The summed E-state index contributed by atoms with van der Waals surface area (Å²) in [6.45, 7) is 6.54. The van der Waals surface area contributed by atoms with Crippen LogP contribution in [0.25, 0.3) is 28.1 Å². The van der Waals surface area contributed by atoms with E-state index in [9.17, 15) is 8.42 Å². The number of sulfonamides is 1. The number of nitrogen functional groups attached to an aromatic ring is 1. The lowest BCUT2D eigenvalue weighted by Crippen LogP contribution is -2.35. The third-order valence-electron chi connectivity index (χ3n) is 5.38. The minimum atomic E-state index is -3.19. The second-order valence-corrected chi connectivity index (χ2v) is 9.52. The van der Waals surface area contributed by atoms with Crippen molar-refractivity contribution in [3.63, 3.8) is 0 Å². The molecule has 0 aliphatic carbocycles. The summed E-state index contributed by atoms with van der Waals surface area (Å²) >= 11 is 0. The maximum absolute atomic E-state index is 12.1.